The second kappa shape index (κ2) is 6.27. The number of benzene rings is 1. The van der Waals surface area contributed by atoms with Crippen LogP contribution in [-0.4, -0.2) is 7.05 Å². The minimum Gasteiger partial charge on any atom is -0.313 e. The molecular formula is C14H22ClN. The molecule has 1 aromatic carbocycles. The zero-order chi connectivity index (χ0) is 12.1. The second-order valence-electron chi connectivity index (χ2n) is 4.60. The summed E-state index contributed by atoms with van der Waals surface area (Å²) in [5.74, 6) is 0.744. The van der Waals surface area contributed by atoms with Gasteiger partial charge in [-0.2, -0.15) is 0 Å². The van der Waals surface area contributed by atoms with Crippen molar-refractivity contribution in [3.8, 4) is 0 Å². The predicted octanol–water partition coefficient (Wildman–Crippen LogP) is 4.35. The molecule has 0 radical (unpaired) electrons. The molecule has 0 aliphatic rings. The first-order valence-corrected chi connectivity index (χ1v) is 6.39. The lowest BCUT2D eigenvalue weighted by molar-refractivity contribution is 0.422. The quantitative estimate of drug-likeness (QED) is 0.806. The smallest absolute Gasteiger partial charge is 0.0435 e. The minimum absolute atomic E-state index is 0.436. The van der Waals surface area contributed by atoms with Crippen LogP contribution in [0.2, 0.25) is 5.02 Å². The van der Waals surface area contributed by atoms with Crippen LogP contribution >= 0.6 is 11.6 Å². The van der Waals surface area contributed by atoms with Gasteiger partial charge >= 0.3 is 0 Å². The van der Waals surface area contributed by atoms with Crippen LogP contribution in [0.15, 0.2) is 18.2 Å². The number of hydrogen-bond donors (Lipinski definition) is 1. The molecule has 0 amide bonds. The Bertz CT molecular complexity index is 336. The summed E-state index contributed by atoms with van der Waals surface area (Å²) in [6.45, 7) is 6.60. The Balaban J connectivity index is 2.82. The maximum absolute atomic E-state index is 6.04. The molecule has 90 valence electrons. The molecule has 0 fully saturated rings. The molecule has 0 heterocycles. The van der Waals surface area contributed by atoms with Gasteiger partial charge in [-0.1, -0.05) is 44.0 Å². The zero-order valence-corrected chi connectivity index (χ0v) is 11.4. The summed E-state index contributed by atoms with van der Waals surface area (Å²) >= 11 is 6.04. The van der Waals surface area contributed by atoms with Gasteiger partial charge in [-0.3, -0.25) is 0 Å². The fourth-order valence-electron chi connectivity index (χ4n) is 1.87. The first-order valence-electron chi connectivity index (χ1n) is 6.01. The number of halogens is 1. The Morgan fingerprint density at radius 3 is 2.56 bits per heavy atom. The SMILES string of the molecule is CCC(C)CC(NC)c1ccc(Cl)c(C)c1. The number of nitrogens with one attached hydrogen (secondary N) is 1. The van der Waals surface area contributed by atoms with Crippen LogP contribution in [0.1, 0.15) is 43.9 Å². The number of hydrogen-bond acceptors (Lipinski definition) is 1. The van der Waals surface area contributed by atoms with Crippen LogP contribution < -0.4 is 5.32 Å². The van der Waals surface area contributed by atoms with Crippen LogP contribution in [0, 0.1) is 12.8 Å². The molecule has 1 rings (SSSR count). The molecule has 0 saturated carbocycles. The highest BCUT2D eigenvalue weighted by Crippen LogP contribution is 2.25. The van der Waals surface area contributed by atoms with Gasteiger partial charge in [-0.15, -0.1) is 0 Å². The van der Waals surface area contributed by atoms with Gasteiger partial charge < -0.3 is 5.32 Å². The van der Waals surface area contributed by atoms with E-state index in [4.69, 9.17) is 11.6 Å². The van der Waals surface area contributed by atoms with Crippen molar-refractivity contribution in [3.63, 3.8) is 0 Å². The highest BCUT2D eigenvalue weighted by atomic mass is 35.5. The molecule has 0 aliphatic heterocycles. The summed E-state index contributed by atoms with van der Waals surface area (Å²) in [4.78, 5) is 0. The van der Waals surface area contributed by atoms with Crippen LogP contribution in [0.3, 0.4) is 0 Å². The highest BCUT2D eigenvalue weighted by molar-refractivity contribution is 6.31. The lowest BCUT2D eigenvalue weighted by Crippen LogP contribution is -2.19. The topological polar surface area (TPSA) is 12.0 Å². The third-order valence-corrected chi connectivity index (χ3v) is 3.69. The fraction of sp³-hybridized carbons (Fsp3) is 0.571. The molecule has 1 aromatic rings. The molecule has 16 heavy (non-hydrogen) atoms. The Morgan fingerprint density at radius 2 is 2.06 bits per heavy atom. The van der Waals surface area contributed by atoms with E-state index in [9.17, 15) is 0 Å². The van der Waals surface area contributed by atoms with Crippen molar-refractivity contribution in [1.82, 2.24) is 5.32 Å². The van der Waals surface area contributed by atoms with E-state index in [1.807, 2.05) is 13.1 Å². The third-order valence-electron chi connectivity index (χ3n) is 3.27. The van der Waals surface area contributed by atoms with E-state index < -0.39 is 0 Å². The highest BCUT2D eigenvalue weighted by Gasteiger charge is 2.13. The predicted molar refractivity (Wildman–Crippen MR) is 72.1 cm³/mol. The molecule has 0 spiro atoms. The van der Waals surface area contributed by atoms with E-state index in [1.54, 1.807) is 0 Å². The average molecular weight is 240 g/mol. The molecular weight excluding hydrogens is 218 g/mol. The lowest BCUT2D eigenvalue weighted by Gasteiger charge is -2.20. The van der Waals surface area contributed by atoms with Crippen molar-refractivity contribution in [1.29, 1.82) is 0 Å². The van der Waals surface area contributed by atoms with E-state index >= 15 is 0 Å². The van der Waals surface area contributed by atoms with Crippen molar-refractivity contribution >= 4 is 11.6 Å². The van der Waals surface area contributed by atoms with Crippen molar-refractivity contribution < 1.29 is 0 Å². The number of aryl methyl sites for hydroxylation is 1. The third kappa shape index (κ3) is 3.50. The second-order valence-corrected chi connectivity index (χ2v) is 5.01. The maximum atomic E-state index is 6.04. The summed E-state index contributed by atoms with van der Waals surface area (Å²) in [6.07, 6.45) is 2.40. The van der Waals surface area contributed by atoms with Gasteiger partial charge in [0.1, 0.15) is 0 Å². The summed E-state index contributed by atoms with van der Waals surface area (Å²) < 4.78 is 0. The molecule has 0 bridgehead atoms. The Morgan fingerprint density at radius 1 is 1.38 bits per heavy atom. The van der Waals surface area contributed by atoms with Crippen molar-refractivity contribution in [2.24, 2.45) is 5.92 Å². The Kier molecular flexibility index (Phi) is 5.30. The molecule has 0 saturated heterocycles. The van der Waals surface area contributed by atoms with Crippen LogP contribution in [-0.2, 0) is 0 Å². The largest absolute Gasteiger partial charge is 0.313 e. The molecule has 2 unspecified atom stereocenters. The van der Waals surface area contributed by atoms with Crippen molar-refractivity contribution in [3.05, 3.63) is 34.3 Å². The van der Waals surface area contributed by atoms with Crippen LogP contribution in [0.4, 0.5) is 0 Å². The van der Waals surface area contributed by atoms with E-state index in [2.05, 4.69) is 38.2 Å². The van der Waals surface area contributed by atoms with Gasteiger partial charge in [0, 0.05) is 11.1 Å². The molecule has 1 nitrogen and oxygen atoms in total. The summed E-state index contributed by atoms with van der Waals surface area (Å²) in [5.41, 5.74) is 2.49. The lowest BCUT2D eigenvalue weighted by atomic mass is 9.93. The average Bonchev–Trinajstić information content (AvgIpc) is 2.29. The van der Waals surface area contributed by atoms with Gasteiger partial charge in [0.25, 0.3) is 0 Å². The van der Waals surface area contributed by atoms with E-state index in [1.165, 1.54) is 18.4 Å². The monoisotopic (exact) mass is 239 g/mol. The molecule has 1 N–H and O–H groups in total. The minimum atomic E-state index is 0.436. The number of rotatable bonds is 5. The van der Waals surface area contributed by atoms with Gasteiger partial charge in [-0.05, 0) is 43.5 Å². The molecule has 2 heteroatoms. The van der Waals surface area contributed by atoms with E-state index in [0.29, 0.717) is 6.04 Å². The van der Waals surface area contributed by atoms with Gasteiger partial charge in [0.2, 0.25) is 0 Å². The fourth-order valence-corrected chi connectivity index (χ4v) is 1.99. The Labute approximate surface area is 104 Å². The standard InChI is InChI=1S/C14H22ClN/c1-5-10(2)8-14(16-4)12-6-7-13(15)11(3)9-12/h6-7,9-10,14,16H,5,8H2,1-4H3. The van der Waals surface area contributed by atoms with Gasteiger partial charge in [0.05, 0.1) is 0 Å². The molecule has 0 aromatic heterocycles. The Hall–Kier alpha value is -0.530. The summed E-state index contributed by atoms with van der Waals surface area (Å²) in [6, 6.07) is 6.74. The van der Waals surface area contributed by atoms with E-state index in [-0.39, 0.29) is 0 Å². The first-order chi connectivity index (χ1) is 7.58. The van der Waals surface area contributed by atoms with Crippen LogP contribution in [0.5, 0.6) is 0 Å². The maximum Gasteiger partial charge on any atom is 0.0435 e. The van der Waals surface area contributed by atoms with Gasteiger partial charge in [0.15, 0.2) is 0 Å². The van der Waals surface area contributed by atoms with Crippen molar-refractivity contribution in [2.75, 3.05) is 7.05 Å². The normalized spacial score (nSPS) is 14.8. The van der Waals surface area contributed by atoms with Crippen LogP contribution in [0.25, 0.3) is 0 Å². The zero-order valence-electron chi connectivity index (χ0n) is 10.7. The van der Waals surface area contributed by atoms with Gasteiger partial charge in [-0.25, -0.2) is 0 Å². The molecule has 0 aliphatic carbocycles. The summed E-state index contributed by atoms with van der Waals surface area (Å²) in [7, 11) is 2.02. The van der Waals surface area contributed by atoms with E-state index in [0.717, 1.165) is 16.5 Å². The van der Waals surface area contributed by atoms with Crippen molar-refractivity contribution in [2.45, 2.75) is 39.7 Å². The first kappa shape index (κ1) is 13.5. The molecule has 2 atom stereocenters. The summed E-state index contributed by atoms with van der Waals surface area (Å²) in [5, 5.41) is 4.24.